The fourth-order valence-corrected chi connectivity index (χ4v) is 6.66. The molecule has 2 unspecified atom stereocenters. The van der Waals surface area contributed by atoms with Crippen LogP contribution in [-0.2, 0) is 14.3 Å². The molecule has 9 nitrogen and oxygen atoms in total. The van der Waals surface area contributed by atoms with Gasteiger partial charge < -0.3 is 19.7 Å². The van der Waals surface area contributed by atoms with Gasteiger partial charge in [-0.1, -0.05) is 11.6 Å². The van der Waals surface area contributed by atoms with E-state index in [1.165, 1.54) is 28.4 Å². The highest BCUT2D eigenvalue weighted by Gasteiger charge is 2.46. The SMILES string of the molecule is COC1CSC2=C(SC1)C(OC(=O)N1CCNCC1)N(c1ccc3ccc(Cl)nc3n1)C2=O. The van der Waals surface area contributed by atoms with Gasteiger partial charge in [-0.05, 0) is 24.3 Å². The predicted octanol–water partition coefficient (Wildman–Crippen LogP) is 2.70. The molecule has 174 valence electrons. The molecule has 1 N–H and O–H groups in total. The minimum atomic E-state index is -0.896. The lowest BCUT2D eigenvalue weighted by molar-refractivity contribution is -0.115. The molecule has 33 heavy (non-hydrogen) atoms. The second kappa shape index (κ2) is 9.67. The van der Waals surface area contributed by atoms with Crippen molar-refractivity contribution in [1.82, 2.24) is 20.2 Å². The van der Waals surface area contributed by atoms with E-state index in [1.807, 2.05) is 12.1 Å². The lowest BCUT2D eigenvalue weighted by Gasteiger charge is -2.31. The Kier molecular flexibility index (Phi) is 6.66. The maximum absolute atomic E-state index is 13.6. The van der Waals surface area contributed by atoms with E-state index in [1.54, 1.807) is 24.1 Å². The third kappa shape index (κ3) is 4.52. The van der Waals surface area contributed by atoms with Gasteiger partial charge in [0.2, 0.25) is 6.23 Å². The summed E-state index contributed by atoms with van der Waals surface area (Å²) in [7, 11) is 1.66. The zero-order valence-corrected chi connectivity index (χ0v) is 20.2. The van der Waals surface area contributed by atoms with Gasteiger partial charge in [-0.15, -0.1) is 23.5 Å². The molecule has 0 spiro atoms. The average Bonchev–Trinajstić information content (AvgIpc) is 2.97. The Morgan fingerprint density at radius 1 is 1.15 bits per heavy atom. The number of nitrogens with zero attached hydrogens (tertiary/aromatic N) is 4. The van der Waals surface area contributed by atoms with E-state index in [9.17, 15) is 9.59 Å². The molecule has 5 heterocycles. The largest absolute Gasteiger partial charge is 0.420 e. The van der Waals surface area contributed by atoms with Crippen LogP contribution in [0, 0.1) is 0 Å². The zero-order chi connectivity index (χ0) is 22.9. The minimum absolute atomic E-state index is 0.00139. The summed E-state index contributed by atoms with van der Waals surface area (Å²) in [6, 6.07) is 7.07. The number of carbonyl (C=O) groups excluding carboxylic acids is 2. The van der Waals surface area contributed by atoms with E-state index < -0.39 is 12.3 Å². The average molecular weight is 508 g/mol. The van der Waals surface area contributed by atoms with E-state index in [-0.39, 0.29) is 12.0 Å². The monoisotopic (exact) mass is 507 g/mol. The molecule has 2 aromatic rings. The maximum Gasteiger partial charge on any atom is 0.412 e. The number of piperazine rings is 1. The first-order chi connectivity index (χ1) is 16.0. The Morgan fingerprint density at radius 3 is 2.70 bits per heavy atom. The number of hydrogen-bond donors (Lipinski definition) is 1. The topological polar surface area (TPSA) is 96.9 Å². The number of anilines is 1. The summed E-state index contributed by atoms with van der Waals surface area (Å²) in [5.41, 5.74) is 0.418. The normalized spacial score (nSPS) is 23.6. The van der Waals surface area contributed by atoms with Crippen molar-refractivity contribution in [2.45, 2.75) is 12.3 Å². The maximum atomic E-state index is 13.6. The lowest BCUT2D eigenvalue weighted by Crippen LogP contribution is -2.49. The van der Waals surface area contributed by atoms with Gasteiger partial charge in [0.1, 0.15) is 11.0 Å². The summed E-state index contributed by atoms with van der Waals surface area (Å²) in [4.78, 5) is 39.8. The molecule has 0 radical (unpaired) electrons. The van der Waals surface area contributed by atoms with E-state index in [2.05, 4.69) is 15.3 Å². The number of aromatic nitrogens is 2. The standard InChI is InChI=1S/C21H22ClN5O4S2/c1-30-13-10-32-16-17(33-11-13)20(31-21(29)26-8-6-23-7-9-26)27(19(16)28)15-5-3-12-2-4-14(22)24-18(12)25-15/h2-5,13,20,23H,6-11H2,1H3. The van der Waals surface area contributed by atoms with Gasteiger partial charge in [-0.2, -0.15) is 0 Å². The first kappa shape index (κ1) is 22.7. The Labute approximate surface area is 204 Å². The first-order valence-corrected chi connectivity index (χ1v) is 12.9. The number of carbonyl (C=O) groups is 2. The zero-order valence-electron chi connectivity index (χ0n) is 17.8. The number of halogens is 1. The molecule has 1 fully saturated rings. The number of amides is 2. The summed E-state index contributed by atoms with van der Waals surface area (Å²) >= 11 is 8.97. The van der Waals surface area contributed by atoms with Crippen molar-refractivity contribution >= 4 is 64.0 Å². The number of nitrogens with one attached hydrogen (secondary N) is 1. The molecule has 2 amide bonds. The van der Waals surface area contributed by atoms with Crippen molar-refractivity contribution in [2.75, 3.05) is 49.7 Å². The van der Waals surface area contributed by atoms with Gasteiger partial charge in [0.05, 0.1) is 15.9 Å². The van der Waals surface area contributed by atoms with E-state index in [4.69, 9.17) is 21.1 Å². The van der Waals surface area contributed by atoms with Crippen LogP contribution in [0.15, 0.2) is 34.1 Å². The van der Waals surface area contributed by atoms with Crippen LogP contribution in [0.4, 0.5) is 10.6 Å². The number of pyridine rings is 2. The molecule has 5 rings (SSSR count). The summed E-state index contributed by atoms with van der Waals surface area (Å²) < 4.78 is 11.5. The number of methoxy groups -OCH3 is 1. The Bertz CT molecular complexity index is 1130. The van der Waals surface area contributed by atoms with Crippen molar-refractivity contribution in [3.63, 3.8) is 0 Å². The Balaban J connectivity index is 1.50. The molecule has 2 atom stereocenters. The van der Waals surface area contributed by atoms with Crippen LogP contribution in [-0.4, -0.2) is 84.0 Å². The smallest absolute Gasteiger partial charge is 0.412 e. The van der Waals surface area contributed by atoms with E-state index >= 15 is 0 Å². The molecule has 1 saturated heterocycles. The first-order valence-electron chi connectivity index (χ1n) is 10.5. The third-order valence-corrected chi connectivity index (χ3v) is 8.42. The molecule has 12 heteroatoms. The molecule has 0 aliphatic carbocycles. The highest BCUT2D eigenvalue weighted by atomic mass is 35.5. The number of fused-ring (bicyclic) bond motifs is 1. The molecule has 0 bridgehead atoms. The lowest BCUT2D eigenvalue weighted by atomic mass is 10.3. The molecular formula is C21H22ClN5O4S2. The van der Waals surface area contributed by atoms with Gasteiger partial charge in [0.25, 0.3) is 5.91 Å². The highest BCUT2D eigenvalue weighted by Crippen LogP contribution is 2.45. The van der Waals surface area contributed by atoms with Gasteiger partial charge in [0, 0.05) is 50.2 Å². The van der Waals surface area contributed by atoms with E-state index in [0.29, 0.717) is 64.1 Å². The fraction of sp³-hybridized carbons (Fsp3) is 0.429. The predicted molar refractivity (Wildman–Crippen MR) is 129 cm³/mol. The van der Waals surface area contributed by atoms with E-state index in [0.717, 1.165) is 5.39 Å². The number of hydrogen-bond acceptors (Lipinski definition) is 9. The summed E-state index contributed by atoms with van der Waals surface area (Å²) in [6.07, 6.45) is -1.35. The number of rotatable bonds is 3. The quantitative estimate of drug-likeness (QED) is 0.629. The second-order valence-electron chi connectivity index (χ2n) is 7.67. The Hall–Kier alpha value is -2.05. The molecule has 0 aromatic carbocycles. The van der Waals surface area contributed by atoms with Crippen molar-refractivity contribution in [2.24, 2.45) is 0 Å². The van der Waals surface area contributed by atoms with Gasteiger partial charge in [-0.3, -0.25) is 4.79 Å². The molecular weight excluding hydrogens is 486 g/mol. The van der Waals surface area contributed by atoms with Crippen molar-refractivity contribution in [3.05, 3.63) is 39.2 Å². The van der Waals surface area contributed by atoms with Crippen LogP contribution >= 0.6 is 35.1 Å². The van der Waals surface area contributed by atoms with Crippen LogP contribution in [0.1, 0.15) is 0 Å². The highest BCUT2D eigenvalue weighted by molar-refractivity contribution is 8.08. The van der Waals surface area contributed by atoms with Crippen LogP contribution in [0.3, 0.4) is 0 Å². The van der Waals surface area contributed by atoms with Gasteiger partial charge in [0.15, 0.2) is 5.65 Å². The van der Waals surface area contributed by atoms with Crippen molar-refractivity contribution in [3.8, 4) is 0 Å². The molecule has 3 aliphatic heterocycles. The second-order valence-corrected chi connectivity index (χ2v) is 10.2. The van der Waals surface area contributed by atoms with Crippen molar-refractivity contribution < 1.29 is 19.1 Å². The summed E-state index contributed by atoms with van der Waals surface area (Å²) in [5.74, 6) is 1.42. The van der Waals surface area contributed by atoms with Gasteiger partial charge >= 0.3 is 6.09 Å². The van der Waals surface area contributed by atoms with Crippen LogP contribution in [0.5, 0.6) is 0 Å². The van der Waals surface area contributed by atoms with Crippen LogP contribution in [0.25, 0.3) is 11.0 Å². The van der Waals surface area contributed by atoms with Crippen LogP contribution < -0.4 is 10.2 Å². The Morgan fingerprint density at radius 2 is 1.91 bits per heavy atom. The van der Waals surface area contributed by atoms with Gasteiger partial charge in [-0.25, -0.2) is 19.7 Å². The number of ether oxygens (including phenoxy) is 2. The summed E-state index contributed by atoms with van der Waals surface area (Å²) in [5, 5.41) is 4.33. The fourth-order valence-electron chi connectivity index (χ4n) is 3.81. The molecule has 3 aliphatic rings. The number of thioether (sulfide) groups is 2. The molecule has 2 aromatic heterocycles. The van der Waals surface area contributed by atoms with Crippen molar-refractivity contribution in [1.29, 1.82) is 0 Å². The minimum Gasteiger partial charge on any atom is -0.420 e. The molecule has 0 saturated carbocycles. The third-order valence-electron chi connectivity index (χ3n) is 5.61. The van der Waals surface area contributed by atoms with Crippen LogP contribution in [0.2, 0.25) is 5.15 Å². The summed E-state index contributed by atoms with van der Waals surface area (Å²) in [6.45, 7) is 2.51.